The Morgan fingerprint density at radius 1 is 1.19 bits per heavy atom. The van der Waals surface area contributed by atoms with Gasteiger partial charge in [-0.15, -0.1) is 0 Å². The Morgan fingerprint density at radius 2 is 2.05 bits per heavy atom. The van der Waals surface area contributed by atoms with Gasteiger partial charge < -0.3 is 11.1 Å². The van der Waals surface area contributed by atoms with Crippen molar-refractivity contribution in [1.29, 1.82) is 0 Å². The zero-order valence-corrected chi connectivity index (χ0v) is 10.9. The maximum absolute atomic E-state index is 13.1. The van der Waals surface area contributed by atoms with Crippen LogP contribution in [0.4, 0.5) is 15.9 Å². The fourth-order valence-corrected chi connectivity index (χ4v) is 1.97. The molecule has 1 amide bonds. The molecule has 0 aliphatic carbocycles. The molecule has 1 aromatic carbocycles. The molecular formula is C15H11FN4O. The molecule has 0 bridgehead atoms. The molecule has 0 aliphatic rings. The van der Waals surface area contributed by atoms with Gasteiger partial charge >= 0.3 is 0 Å². The zero-order valence-electron chi connectivity index (χ0n) is 10.9. The average Bonchev–Trinajstić information content (AvgIpc) is 2.46. The van der Waals surface area contributed by atoms with Crippen LogP contribution >= 0.6 is 0 Å². The van der Waals surface area contributed by atoms with Gasteiger partial charge in [-0.05, 0) is 36.4 Å². The molecule has 2 aromatic heterocycles. The third-order valence-electron chi connectivity index (χ3n) is 2.95. The number of halogens is 1. The van der Waals surface area contributed by atoms with Gasteiger partial charge in [0.05, 0.1) is 5.56 Å². The molecule has 3 aromatic rings. The van der Waals surface area contributed by atoms with Crippen molar-refractivity contribution in [3.8, 4) is 0 Å². The minimum Gasteiger partial charge on any atom is -0.383 e. The van der Waals surface area contributed by atoms with Gasteiger partial charge in [-0.3, -0.25) is 4.79 Å². The van der Waals surface area contributed by atoms with Crippen molar-refractivity contribution in [1.82, 2.24) is 9.97 Å². The van der Waals surface area contributed by atoms with E-state index in [9.17, 15) is 9.18 Å². The number of carbonyl (C=O) groups is 1. The molecule has 5 nitrogen and oxygen atoms in total. The van der Waals surface area contributed by atoms with Crippen LogP contribution in [-0.2, 0) is 0 Å². The zero-order chi connectivity index (χ0) is 14.8. The number of aromatic nitrogens is 2. The molecule has 0 saturated heterocycles. The highest BCUT2D eigenvalue weighted by molar-refractivity contribution is 6.08. The largest absolute Gasteiger partial charge is 0.383 e. The number of fused-ring (bicyclic) bond motifs is 1. The summed E-state index contributed by atoms with van der Waals surface area (Å²) in [7, 11) is 0. The molecular weight excluding hydrogens is 271 g/mol. The first-order valence-electron chi connectivity index (χ1n) is 6.21. The summed E-state index contributed by atoms with van der Waals surface area (Å²) in [6, 6.07) is 10.8. The molecule has 21 heavy (non-hydrogen) atoms. The molecule has 0 atom stereocenters. The number of anilines is 2. The van der Waals surface area contributed by atoms with E-state index in [0.717, 1.165) is 0 Å². The summed E-state index contributed by atoms with van der Waals surface area (Å²) in [5.41, 5.74) is 6.83. The van der Waals surface area contributed by atoms with E-state index in [4.69, 9.17) is 5.73 Å². The van der Waals surface area contributed by atoms with E-state index in [1.807, 2.05) is 0 Å². The predicted molar refractivity (Wildman–Crippen MR) is 78.3 cm³/mol. The molecule has 0 saturated carbocycles. The van der Waals surface area contributed by atoms with Crippen molar-refractivity contribution in [2.24, 2.45) is 0 Å². The number of pyridine rings is 2. The van der Waals surface area contributed by atoms with Crippen molar-refractivity contribution in [2.75, 3.05) is 11.1 Å². The second-order valence-corrected chi connectivity index (χ2v) is 4.44. The smallest absolute Gasteiger partial charge is 0.259 e. The van der Waals surface area contributed by atoms with Crippen molar-refractivity contribution >= 4 is 28.4 Å². The summed E-state index contributed by atoms with van der Waals surface area (Å²) in [6.45, 7) is 0. The van der Waals surface area contributed by atoms with Gasteiger partial charge in [-0.25, -0.2) is 14.4 Å². The average molecular weight is 282 g/mol. The normalized spacial score (nSPS) is 10.5. The number of nitrogen functional groups attached to an aromatic ring is 1. The first-order chi connectivity index (χ1) is 10.1. The van der Waals surface area contributed by atoms with Gasteiger partial charge in [0, 0.05) is 17.3 Å². The Bertz CT molecular complexity index is 835. The van der Waals surface area contributed by atoms with E-state index in [-0.39, 0.29) is 11.4 Å². The summed E-state index contributed by atoms with van der Waals surface area (Å²) in [4.78, 5) is 20.4. The standard InChI is InChI=1S/C15H11FN4O/c16-10-4-1-5-11(8-10)19-15(21)12-7-9-3-2-6-18-14(9)20-13(12)17/h1-8H,(H,19,21)(H2,17,18,20). The quantitative estimate of drug-likeness (QED) is 0.757. The highest BCUT2D eigenvalue weighted by atomic mass is 19.1. The second-order valence-electron chi connectivity index (χ2n) is 4.44. The molecule has 0 fully saturated rings. The van der Waals surface area contributed by atoms with Crippen LogP contribution in [0.2, 0.25) is 0 Å². The Morgan fingerprint density at radius 3 is 2.86 bits per heavy atom. The van der Waals surface area contributed by atoms with Crippen LogP contribution in [0, 0.1) is 5.82 Å². The first-order valence-corrected chi connectivity index (χ1v) is 6.21. The molecule has 104 valence electrons. The third-order valence-corrected chi connectivity index (χ3v) is 2.95. The Kier molecular flexibility index (Phi) is 3.19. The van der Waals surface area contributed by atoms with Gasteiger partial charge in [-0.1, -0.05) is 6.07 Å². The van der Waals surface area contributed by atoms with Crippen LogP contribution < -0.4 is 11.1 Å². The van der Waals surface area contributed by atoms with Crippen LogP contribution in [0.3, 0.4) is 0 Å². The van der Waals surface area contributed by atoms with E-state index in [2.05, 4.69) is 15.3 Å². The summed E-state index contributed by atoms with van der Waals surface area (Å²) in [5.74, 6) is -0.798. The molecule has 0 unspecified atom stereocenters. The van der Waals surface area contributed by atoms with Crippen LogP contribution in [0.15, 0.2) is 48.7 Å². The summed E-state index contributed by atoms with van der Waals surface area (Å²) < 4.78 is 13.1. The highest BCUT2D eigenvalue weighted by Gasteiger charge is 2.13. The summed E-state index contributed by atoms with van der Waals surface area (Å²) in [5, 5.41) is 3.29. The number of nitrogens with two attached hydrogens (primary N) is 1. The number of amides is 1. The Labute approximate surface area is 119 Å². The Balaban J connectivity index is 1.96. The van der Waals surface area contributed by atoms with Crippen molar-refractivity contribution in [2.45, 2.75) is 0 Å². The maximum atomic E-state index is 13.1. The lowest BCUT2D eigenvalue weighted by Crippen LogP contribution is -2.15. The number of carbonyl (C=O) groups excluding carboxylic acids is 1. The monoisotopic (exact) mass is 282 g/mol. The van der Waals surface area contributed by atoms with Crippen molar-refractivity contribution < 1.29 is 9.18 Å². The summed E-state index contributed by atoms with van der Waals surface area (Å²) in [6.07, 6.45) is 1.60. The lowest BCUT2D eigenvalue weighted by molar-refractivity contribution is 0.102. The molecule has 0 spiro atoms. The molecule has 0 radical (unpaired) electrons. The van der Waals surface area contributed by atoms with Crippen LogP contribution in [0.25, 0.3) is 11.0 Å². The molecule has 2 heterocycles. The number of nitrogens with zero attached hydrogens (tertiary/aromatic N) is 2. The molecule has 3 rings (SSSR count). The second kappa shape index (κ2) is 5.16. The van der Waals surface area contributed by atoms with Gasteiger partial charge in [0.15, 0.2) is 5.65 Å². The van der Waals surface area contributed by atoms with Crippen molar-refractivity contribution in [3.05, 3.63) is 60.0 Å². The predicted octanol–water partition coefficient (Wildman–Crippen LogP) is 2.60. The van der Waals surface area contributed by atoms with Crippen LogP contribution in [0.5, 0.6) is 0 Å². The molecule has 3 N–H and O–H groups in total. The minimum absolute atomic E-state index is 0.0788. The molecule has 6 heteroatoms. The van der Waals surface area contributed by atoms with Crippen LogP contribution in [-0.4, -0.2) is 15.9 Å². The van der Waals surface area contributed by atoms with E-state index in [1.165, 1.54) is 18.2 Å². The molecule has 0 aliphatic heterocycles. The van der Waals surface area contributed by atoms with E-state index >= 15 is 0 Å². The number of hydrogen-bond acceptors (Lipinski definition) is 4. The number of hydrogen-bond donors (Lipinski definition) is 2. The topological polar surface area (TPSA) is 80.9 Å². The Hall–Kier alpha value is -3.02. The van der Waals surface area contributed by atoms with Gasteiger partial charge in [0.1, 0.15) is 11.6 Å². The van der Waals surface area contributed by atoms with E-state index in [1.54, 1.807) is 30.5 Å². The summed E-state index contributed by atoms with van der Waals surface area (Å²) >= 11 is 0. The van der Waals surface area contributed by atoms with E-state index < -0.39 is 11.7 Å². The first kappa shape index (κ1) is 13.0. The lowest BCUT2D eigenvalue weighted by Gasteiger charge is -2.08. The van der Waals surface area contributed by atoms with Gasteiger partial charge in [0.2, 0.25) is 0 Å². The number of rotatable bonds is 2. The van der Waals surface area contributed by atoms with E-state index in [0.29, 0.717) is 16.7 Å². The maximum Gasteiger partial charge on any atom is 0.259 e. The fourth-order valence-electron chi connectivity index (χ4n) is 1.97. The third kappa shape index (κ3) is 2.64. The fraction of sp³-hybridized carbons (Fsp3) is 0. The minimum atomic E-state index is -0.448. The van der Waals surface area contributed by atoms with Gasteiger partial charge in [-0.2, -0.15) is 0 Å². The SMILES string of the molecule is Nc1nc2ncccc2cc1C(=O)Nc1cccc(F)c1. The highest BCUT2D eigenvalue weighted by Crippen LogP contribution is 2.18. The lowest BCUT2D eigenvalue weighted by atomic mass is 10.1. The van der Waals surface area contributed by atoms with Crippen LogP contribution in [0.1, 0.15) is 10.4 Å². The number of benzene rings is 1. The number of nitrogens with one attached hydrogen (secondary N) is 1. The van der Waals surface area contributed by atoms with Crippen molar-refractivity contribution in [3.63, 3.8) is 0 Å². The van der Waals surface area contributed by atoms with Gasteiger partial charge in [0.25, 0.3) is 5.91 Å².